The van der Waals surface area contributed by atoms with E-state index in [1.807, 2.05) is 0 Å². The first kappa shape index (κ1) is 30.3. The molecule has 5 heteroatoms. The number of allylic oxidation sites excluding steroid dienone is 4. The SMILES string of the molecule is CCC1=C(C)c2cc3[n-]c(cc4nc(cc5[n-]c(cc1n2)c(CC)c5C)C(C)=C4CC)c1c2ccccc2c2ccccc2c31.[Zn+2]. The van der Waals surface area contributed by atoms with E-state index in [-0.39, 0.29) is 19.5 Å². The number of benzene rings is 3. The molecule has 8 bridgehead atoms. The van der Waals surface area contributed by atoms with Gasteiger partial charge in [0.2, 0.25) is 0 Å². The fourth-order valence-electron chi connectivity index (χ4n) is 7.64. The van der Waals surface area contributed by atoms with Gasteiger partial charge in [0.05, 0.1) is 22.8 Å². The average Bonchev–Trinajstić information content (AvgIpc) is 3.74. The Labute approximate surface area is 282 Å². The summed E-state index contributed by atoms with van der Waals surface area (Å²) in [7, 11) is 0. The van der Waals surface area contributed by atoms with Gasteiger partial charge in [0.25, 0.3) is 0 Å². The molecule has 6 aromatic rings. The van der Waals surface area contributed by atoms with E-state index in [1.165, 1.54) is 65.7 Å². The zero-order valence-electron chi connectivity index (χ0n) is 27.5. The number of aromatic nitrogens is 4. The van der Waals surface area contributed by atoms with Gasteiger partial charge in [-0.15, -0.1) is 22.1 Å². The van der Waals surface area contributed by atoms with Crippen LogP contribution in [0.4, 0.5) is 0 Å². The Bertz CT molecular complexity index is 2470. The molecule has 4 nitrogen and oxygen atoms in total. The number of aryl methyl sites for hydroxylation is 2. The minimum absolute atomic E-state index is 0. The van der Waals surface area contributed by atoms with Crippen LogP contribution in [0.15, 0.2) is 72.8 Å². The molecule has 0 amide bonds. The first-order valence-electron chi connectivity index (χ1n) is 16.2. The van der Waals surface area contributed by atoms with Crippen molar-refractivity contribution in [2.45, 2.75) is 60.8 Å². The van der Waals surface area contributed by atoms with Gasteiger partial charge in [0, 0.05) is 0 Å². The van der Waals surface area contributed by atoms with Crippen LogP contribution < -0.4 is 9.97 Å². The van der Waals surface area contributed by atoms with Gasteiger partial charge in [-0.1, -0.05) is 105 Å². The number of hydrogen-bond donors (Lipinski definition) is 0. The molecule has 3 aromatic heterocycles. The van der Waals surface area contributed by atoms with Crippen LogP contribution in [0, 0.1) is 6.92 Å². The Balaban J connectivity index is 0.00000338. The molecule has 0 saturated heterocycles. The molecule has 5 heterocycles. The minimum Gasteiger partial charge on any atom is -0.657 e. The molecular formula is C41H36N4Zn. The second kappa shape index (κ2) is 11.5. The van der Waals surface area contributed by atoms with Crippen molar-refractivity contribution in [2.24, 2.45) is 0 Å². The molecule has 0 aliphatic carbocycles. The van der Waals surface area contributed by atoms with Crippen LogP contribution in [-0.2, 0) is 25.9 Å². The van der Waals surface area contributed by atoms with Crippen molar-refractivity contribution in [3.8, 4) is 0 Å². The van der Waals surface area contributed by atoms with Crippen LogP contribution >= 0.6 is 0 Å². The number of rotatable bonds is 3. The summed E-state index contributed by atoms with van der Waals surface area (Å²) >= 11 is 0. The molecule has 0 saturated carbocycles. The summed E-state index contributed by atoms with van der Waals surface area (Å²) in [6, 6.07) is 26.3. The Kier molecular flexibility index (Phi) is 7.56. The van der Waals surface area contributed by atoms with Crippen molar-refractivity contribution in [2.75, 3.05) is 0 Å². The van der Waals surface area contributed by atoms with Crippen LogP contribution in [0.2, 0.25) is 0 Å². The van der Waals surface area contributed by atoms with Crippen LogP contribution in [0.3, 0.4) is 0 Å². The van der Waals surface area contributed by atoms with Gasteiger partial charge in [0.1, 0.15) is 0 Å². The van der Waals surface area contributed by atoms with Gasteiger partial charge in [-0.05, 0) is 94.6 Å². The largest absolute Gasteiger partial charge is 2.00 e. The normalized spacial score (nSPS) is 13.3. The summed E-state index contributed by atoms with van der Waals surface area (Å²) in [4.78, 5) is 21.1. The summed E-state index contributed by atoms with van der Waals surface area (Å²) in [6.45, 7) is 13.2. The number of fused-ring (bicyclic) bond motifs is 16. The summed E-state index contributed by atoms with van der Waals surface area (Å²) < 4.78 is 0. The van der Waals surface area contributed by atoms with E-state index in [9.17, 15) is 0 Å². The molecule has 0 N–H and O–H groups in total. The Hall–Kier alpha value is -4.34. The molecule has 46 heavy (non-hydrogen) atoms. The molecular weight excluding hydrogens is 614 g/mol. The minimum atomic E-state index is 0. The Morgan fingerprint density at radius 1 is 0.500 bits per heavy atom. The van der Waals surface area contributed by atoms with E-state index in [1.54, 1.807) is 0 Å². The van der Waals surface area contributed by atoms with Gasteiger partial charge in [-0.2, -0.15) is 0 Å². The van der Waals surface area contributed by atoms with Crippen molar-refractivity contribution in [3.63, 3.8) is 0 Å². The first-order chi connectivity index (χ1) is 21.9. The molecule has 3 aromatic carbocycles. The molecule has 2 aliphatic heterocycles. The molecule has 2 aliphatic rings. The van der Waals surface area contributed by atoms with Gasteiger partial charge < -0.3 is 9.97 Å². The fourth-order valence-corrected chi connectivity index (χ4v) is 7.64. The first-order valence-corrected chi connectivity index (χ1v) is 16.2. The number of nitrogens with zero attached hydrogens (tertiary/aromatic N) is 4. The maximum absolute atomic E-state index is 5.42. The summed E-state index contributed by atoms with van der Waals surface area (Å²) in [5.41, 5.74) is 15.3. The summed E-state index contributed by atoms with van der Waals surface area (Å²) in [5, 5.41) is 7.24. The van der Waals surface area contributed by atoms with Crippen LogP contribution in [0.25, 0.3) is 76.7 Å². The predicted molar refractivity (Wildman–Crippen MR) is 191 cm³/mol. The maximum Gasteiger partial charge on any atom is 2.00 e. The summed E-state index contributed by atoms with van der Waals surface area (Å²) in [5.74, 6) is 0. The third kappa shape index (κ3) is 4.43. The van der Waals surface area contributed by atoms with Crippen molar-refractivity contribution < 1.29 is 19.5 Å². The van der Waals surface area contributed by atoms with Gasteiger partial charge >= 0.3 is 19.5 Å². The Morgan fingerprint density at radius 3 is 1.39 bits per heavy atom. The number of hydrogen-bond acceptors (Lipinski definition) is 2. The van der Waals surface area contributed by atoms with Crippen LogP contribution in [0.5, 0.6) is 0 Å². The fraction of sp³-hybridized carbons (Fsp3) is 0.220. The van der Waals surface area contributed by atoms with Crippen molar-refractivity contribution >= 4 is 76.7 Å². The van der Waals surface area contributed by atoms with Gasteiger partial charge in [-0.25, -0.2) is 9.97 Å². The van der Waals surface area contributed by atoms with Gasteiger partial charge in [-0.3, -0.25) is 0 Å². The average molecular weight is 650 g/mol. The summed E-state index contributed by atoms with van der Waals surface area (Å²) in [6.07, 6.45) is 2.71. The zero-order valence-corrected chi connectivity index (χ0v) is 30.5. The predicted octanol–water partition coefficient (Wildman–Crippen LogP) is 10.6. The molecule has 0 fully saturated rings. The second-order valence-corrected chi connectivity index (χ2v) is 12.3. The molecule has 0 radical (unpaired) electrons. The quantitative estimate of drug-likeness (QED) is 0.141. The monoisotopic (exact) mass is 648 g/mol. The van der Waals surface area contributed by atoms with Crippen molar-refractivity contribution in [1.82, 2.24) is 19.9 Å². The van der Waals surface area contributed by atoms with E-state index in [0.29, 0.717) is 0 Å². The van der Waals surface area contributed by atoms with E-state index in [4.69, 9.17) is 19.9 Å². The van der Waals surface area contributed by atoms with Crippen LogP contribution in [-0.4, -0.2) is 9.97 Å². The van der Waals surface area contributed by atoms with Crippen LogP contribution in [0.1, 0.15) is 81.4 Å². The maximum atomic E-state index is 5.42. The van der Waals surface area contributed by atoms with Crippen molar-refractivity contribution in [1.29, 1.82) is 0 Å². The molecule has 0 spiro atoms. The van der Waals surface area contributed by atoms with E-state index in [0.717, 1.165) is 64.1 Å². The van der Waals surface area contributed by atoms with E-state index in [2.05, 4.69) is 114 Å². The van der Waals surface area contributed by atoms with Gasteiger partial charge in [0.15, 0.2) is 0 Å². The smallest absolute Gasteiger partial charge is 0.657 e. The molecule has 8 rings (SSSR count). The van der Waals surface area contributed by atoms with Crippen molar-refractivity contribution in [3.05, 3.63) is 107 Å². The molecule has 222 valence electrons. The van der Waals surface area contributed by atoms with E-state index >= 15 is 0 Å². The van der Waals surface area contributed by atoms with E-state index < -0.39 is 0 Å². The standard InChI is InChI=1S/C41H36N4.Zn/c1-7-25-22(4)32-18-33-23(5)27(9-3)37(43-33)21-39-41-31-17-13-11-15-29(31)28-14-10-12-16-30(28)40(41)38(45-39)19-34-24(6)26(8-2)36(44-34)20-35(25)42-32;/h10-21H,7-9H2,1-6H3;/q-2;+2. The third-order valence-electron chi connectivity index (χ3n) is 10.0. The Morgan fingerprint density at radius 2 is 0.913 bits per heavy atom. The molecule has 0 unspecified atom stereocenters. The topological polar surface area (TPSA) is 54.0 Å². The third-order valence-corrected chi connectivity index (χ3v) is 10.0. The second-order valence-electron chi connectivity index (χ2n) is 12.3. The molecule has 0 atom stereocenters. The zero-order chi connectivity index (χ0) is 31.0.